The van der Waals surface area contributed by atoms with Crippen LogP contribution < -0.4 is 20.6 Å². The van der Waals surface area contributed by atoms with Gasteiger partial charge in [0.1, 0.15) is 24.7 Å². The van der Waals surface area contributed by atoms with Gasteiger partial charge in [-0.2, -0.15) is 5.10 Å². The van der Waals surface area contributed by atoms with Crippen molar-refractivity contribution in [2.75, 3.05) is 13.2 Å². The second-order valence-corrected chi connectivity index (χ2v) is 6.10. The number of nitrogens with two attached hydrogens (primary N) is 1. The molecule has 0 aliphatic heterocycles. The van der Waals surface area contributed by atoms with E-state index < -0.39 is 4.92 Å². The fraction of sp³-hybridized carbons (Fsp3) is 0.222. The van der Waals surface area contributed by atoms with E-state index in [1.807, 2.05) is 32.0 Å². The molecule has 0 saturated carbocycles. The minimum Gasteiger partial charge on any atom is -0.490 e. The van der Waals surface area contributed by atoms with Crippen LogP contribution in [0.4, 0.5) is 5.69 Å². The fourth-order valence-electron chi connectivity index (χ4n) is 2.16. The molecule has 0 heterocycles. The highest BCUT2D eigenvalue weighted by atomic mass is 32.1. The molecule has 0 aliphatic rings. The van der Waals surface area contributed by atoms with Crippen molar-refractivity contribution in [3.05, 3.63) is 63.2 Å². The number of ether oxygens (including phenoxy) is 2. The minimum absolute atomic E-state index is 0.0130. The molecule has 0 fully saturated rings. The van der Waals surface area contributed by atoms with Gasteiger partial charge < -0.3 is 15.2 Å². The van der Waals surface area contributed by atoms with Gasteiger partial charge in [-0.15, -0.1) is 0 Å². The number of nitrogens with one attached hydrogen (secondary N) is 1. The molecule has 8 nitrogen and oxygen atoms in total. The fourth-order valence-corrected chi connectivity index (χ4v) is 2.21. The molecular weight excluding hydrogens is 368 g/mol. The molecule has 27 heavy (non-hydrogen) atoms. The van der Waals surface area contributed by atoms with Crippen molar-refractivity contribution in [3.63, 3.8) is 0 Å². The van der Waals surface area contributed by atoms with Crippen molar-refractivity contribution in [3.8, 4) is 11.5 Å². The van der Waals surface area contributed by atoms with E-state index in [0.29, 0.717) is 17.9 Å². The van der Waals surface area contributed by atoms with Crippen molar-refractivity contribution >= 4 is 29.2 Å². The molecule has 2 aromatic carbocycles. The lowest BCUT2D eigenvalue weighted by molar-refractivity contribution is -0.384. The maximum Gasteiger partial charge on any atom is 0.270 e. The van der Waals surface area contributed by atoms with Gasteiger partial charge in [0.25, 0.3) is 5.69 Å². The average molecular weight is 388 g/mol. The Morgan fingerprint density at radius 2 is 1.96 bits per heavy atom. The van der Waals surface area contributed by atoms with Gasteiger partial charge in [-0.25, -0.2) is 0 Å². The Labute approximate surface area is 162 Å². The summed E-state index contributed by atoms with van der Waals surface area (Å²) in [7, 11) is 0. The van der Waals surface area contributed by atoms with E-state index in [4.69, 9.17) is 15.2 Å². The number of nitro groups is 1. The highest BCUT2D eigenvalue weighted by Crippen LogP contribution is 2.23. The van der Waals surface area contributed by atoms with E-state index in [1.54, 1.807) is 0 Å². The molecule has 0 radical (unpaired) electrons. The zero-order chi connectivity index (χ0) is 19.8. The summed E-state index contributed by atoms with van der Waals surface area (Å²) in [6.45, 7) is 4.63. The van der Waals surface area contributed by atoms with Gasteiger partial charge in [0.05, 0.1) is 11.1 Å². The van der Waals surface area contributed by atoms with E-state index in [9.17, 15) is 10.1 Å². The number of hydrogen-bond donors (Lipinski definition) is 2. The quantitative estimate of drug-likeness (QED) is 0.235. The van der Waals surface area contributed by atoms with E-state index in [-0.39, 0.29) is 17.4 Å². The van der Waals surface area contributed by atoms with Crippen LogP contribution in [0, 0.1) is 24.0 Å². The van der Waals surface area contributed by atoms with Crippen LogP contribution in [0.25, 0.3) is 0 Å². The first kappa shape index (κ1) is 20.1. The first-order chi connectivity index (χ1) is 12.9. The summed E-state index contributed by atoms with van der Waals surface area (Å²) in [6.07, 6.45) is 1.35. The zero-order valence-corrected chi connectivity index (χ0v) is 15.8. The molecule has 0 aliphatic carbocycles. The zero-order valence-electron chi connectivity index (χ0n) is 15.0. The topological polar surface area (TPSA) is 112 Å². The summed E-state index contributed by atoms with van der Waals surface area (Å²) in [6, 6.07) is 10.1. The number of non-ortho nitro benzene ring substituents is 1. The number of nitrogens with zero attached hydrogens (tertiary/aromatic N) is 2. The summed E-state index contributed by atoms with van der Waals surface area (Å²) in [5.41, 5.74) is 10.4. The highest BCUT2D eigenvalue weighted by molar-refractivity contribution is 7.80. The van der Waals surface area contributed by atoms with Gasteiger partial charge in [-0.1, -0.05) is 6.07 Å². The van der Waals surface area contributed by atoms with Gasteiger partial charge in [0.2, 0.25) is 0 Å². The number of aryl methyl sites for hydroxylation is 2. The van der Waals surface area contributed by atoms with Crippen molar-refractivity contribution in [1.82, 2.24) is 5.43 Å². The first-order valence-electron chi connectivity index (χ1n) is 8.06. The second-order valence-electron chi connectivity index (χ2n) is 5.66. The van der Waals surface area contributed by atoms with Gasteiger partial charge in [-0.05, 0) is 55.4 Å². The lowest BCUT2D eigenvalue weighted by Gasteiger charge is -2.11. The average Bonchev–Trinajstić information content (AvgIpc) is 2.62. The van der Waals surface area contributed by atoms with Crippen LogP contribution in [0.15, 0.2) is 41.5 Å². The molecule has 2 aromatic rings. The third-order valence-electron chi connectivity index (χ3n) is 3.67. The van der Waals surface area contributed by atoms with Crippen LogP contribution in [-0.2, 0) is 0 Å². The Morgan fingerprint density at radius 1 is 1.22 bits per heavy atom. The van der Waals surface area contributed by atoms with Gasteiger partial charge in [-0.3, -0.25) is 15.5 Å². The number of rotatable bonds is 8. The van der Waals surface area contributed by atoms with E-state index in [2.05, 4.69) is 22.7 Å². The molecule has 0 aromatic heterocycles. The van der Waals surface area contributed by atoms with Gasteiger partial charge >= 0.3 is 0 Å². The SMILES string of the molecule is Cc1ccc(OCCOc2ccc([N+](=O)[O-])cc2/C=N\NC(N)=S)cc1C. The molecule has 0 bridgehead atoms. The Bertz CT molecular complexity index is 870. The van der Waals surface area contributed by atoms with E-state index in [1.165, 1.54) is 30.0 Å². The lowest BCUT2D eigenvalue weighted by Crippen LogP contribution is -2.24. The standard InChI is InChI=1S/C18H20N4O4S/c1-12-3-5-16(9-13(12)2)25-7-8-26-17-6-4-15(22(23)24)10-14(17)11-20-21-18(19)27/h3-6,9-11H,7-8H2,1-2H3,(H3,19,21,27)/b20-11-. The summed E-state index contributed by atoms with van der Waals surface area (Å²) in [5.74, 6) is 1.19. The molecule has 0 atom stereocenters. The Balaban J connectivity index is 2.01. The smallest absolute Gasteiger partial charge is 0.270 e. The molecule has 0 saturated heterocycles. The Morgan fingerprint density at radius 3 is 2.63 bits per heavy atom. The Hall–Kier alpha value is -3.20. The summed E-state index contributed by atoms with van der Waals surface area (Å²) in [5, 5.41) is 14.8. The highest BCUT2D eigenvalue weighted by Gasteiger charge is 2.11. The monoisotopic (exact) mass is 388 g/mol. The molecule has 3 N–H and O–H groups in total. The number of hydrazone groups is 1. The summed E-state index contributed by atoms with van der Waals surface area (Å²) < 4.78 is 11.3. The van der Waals surface area contributed by atoms with Crippen LogP contribution in [0.1, 0.15) is 16.7 Å². The van der Waals surface area contributed by atoms with Gasteiger partial charge in [0, 0.05) is 17.7 Å². The molecule has 9 heteroatoms. The number of hydrogen-bond acceptors (Lipinski definition) is 6. The predicted octanol–water partition coefficient (Wildman–Crippen LogP) is 2.84. The van der Waals surface area contributed by atoms with Crippen molar-refractivity contribution < 1.29 is 14.4 Å². The molecule has 0 unspecified atom stereocenters. The van der Waals surface area contributed by atoms with Crippen LogP contribution in [-0.4, -0.2) is 29.5 Å². The van der Waals surface area contributed by atoms with Crippen molar-refractivity contribution in [1.29, 1.82) is 0 Å². The van der Waals surface area contributed by atoms with E-state index in [0.717, 1.165) is 11.3 Å². The lowest BCUT2D eigenvalue weighted by atomic mass is 10.1. The second kappa shape index (κ2) is 9.48. The molecule has 0 spiro atoms. The number of thiocarbonyl (C=S) groups is 1. The minimum atomic E-state index is -0.495. The third kappa shape index (κ3) is 6.23. The third-order valence-corrected chi connectivity index (χ3v) is 3.76. The molecule has 0 amide bonds. The van der Waals surface area contributed by atoms with E-state index >= 15 is 0 Å². The van der Waals surface area contributed by atoms with Gasteiger partial charge in [0.15, 0.2) is 5.11 Å². The normalized spacial score (nSPS) is 10.6. The first-order valence-corrected chi connectivity index (χ1v) is 8.47. The predicted molar refractivity (Wildman–Crippen MR) is 108 cm³/mol. The largest absolute Gasteiger partial charge is 0.490 e. The molecular formula is C18H20N4O4S. The van der Waals surface area contributed by atoms with Crippen LogP contribution in [0.2, 0.25) is 0 Å². The number of benzene rings is 2. The van der Waals surface area contributed by atoms with Crippen LogP contribution >= 0.6 is 12.2 Å². The van der Waals surface area contributed by atoms with Crippen LogP contribution in [0.3, 0.4) is 0 Å². The van der Waals surface area contributed by atoms with Crippen molar-refractivity contribution in [2.45, 2.75) is 13.8 Å². The van der Waals surface area contributed by atoms with Crippen molar-refractivity contribution in [2.24, 2.45) is 10.8 Å². The molecule has 142 valence electrons. The maximum atomic E-state index is 11.0. The summed E-state index contributed by atoms with van der Waals surface area (Å²) in [4.78, 5) is 10.5. The van der Waals surface area contributed by atoms with Crippen LogP contribution in [0.5, 0.6) is 11.5 Å². The summed E-state index contributed by atoms with van der Waals surface area (Å²) >= 11 is 4.66. The number of nitro benzene ring substituents is 1. The molecule has 2 rings (SSSR count). The Kier molecular flexibility index (Phi) is 7.07. The maximum absolute atomic E-state index is 11.0.